The number of ether oxygens (including phenoxy) is 1. The standard InChI is InChI=1S/C13H20N2O3/c1-10-5-4-6-11(2)13(10)15(14-7-8-16)12(17)9-18-3/h4-6,14,16H,7-9H2,1-3H3. The number of carbonyl (C=O) groups excluding carboxylic acids is 1. The van der Waals surface area contributed by atoms with Crippen LogP contribution in [0, 0.1) is 13.8 Å². The van der Waals surface area contributed by atoms with E-state index in [1.165, 1.54) is 12.1 Å². The fraction of sp³-hybridized carbons (Fsp3) is 0.462. The maximum absolute atomic E-state index is 12.0. The Morgan fingerprint density at radius 1 is 1.39 bits per heavy atom. The number of aryl methyl sites for hydroxylation is 2. The largest absolute Gasteiger partial charge is 0.395 e. The molecule has 0 spiro atoms. The molecule has 1 amide bonds. The molecule has 0 bridgehead atoms. The van der Waals surface area contributed by atoms with Crippen LogP contribution in [0.4, 0.5) is 5.69 Å². The highest BCUT2D eigenvalue weighted by Gasteiger charge is 2.18. The molecule has 1 aromatic rings. The molecule has 5 nitrogen and oxygen atoms in total. The number of carbonyl (C=O) groups is 1. The van der Waals surface area contributed by atoms with Gasteiger partial charge in [0.1, 0.15) is 6.61 Å². The highest BCUT2D eigenvalue weighted by Crippen LogP contribution is 2.23. The molecule has 1 aromatic carbocycles. The number of nitrogens with zero attached hydrogens (tertiary/aromatic N) is 1. The van der Waals surface area contributed by atoms with Crippen molar-refractivity contribution >= 4 is 11.6 Å². The van der Waals surface area contributed by atoms with Crippen molar-refractivity contribution in [3.05, 3.63) is 29.3 Å². The molecule has 0 aromatic heterocycles. The summed E-state index contributed by atoms with van der Waals surface area (Å²) >= 11 is 0. The van der Waals surface area contributed by atoms with Gasteiger partial charge in [0.25, 0.3) is 5.91 Å². The van der Waals surface area contributed by atoms with Crippen LogP contribution in [0.25, 0.3) is 0 Å². The number of amides is 1. The van der Waals surface area contributed by atoms with Crippen molar-refractivity contribution in [2.75, 3.05) is 31.9 Å². The quantitative estimate of drug-likeness (QED) is 0.734. The van der Waals surface area contributed by atoms with Gasteiger partial charge in [-0.15, -0.1) is 0 Å². The van der Waals surface area contributed by atoms with E-state index in [2.05, 4.69) is 5.43 Å². The lowest BCUT2D eigenvalue weighted by Gasteiger charge is -2.26. The molecular formula is C13H20N2O3. The zero-order valence-corrected chi connectivity index (χ0v) is 11.1. The lowest BCUT2D eigenvalue weighted by Crippen LogP contribution is -2.46. The van der Waals surface area contributed by atoms with Gasteiger partial charge in [0.15, 0.2) is 0 Å². The first-order chi connectivity index (χ1) is 8.61. The van der Waals surface area contributed by atoms with E-state index in [0.29, 0.717) is 6.54 Å². The minimum atomic E-state index is -0.191. The van der Waals surface area contributed by atoms with Crippen molar-refractivity contribution in [3.8, 4) is 0 Å². The first-order valence-electron chi connectivity index (χ1n) is 5.84. The summed E-state index contributed by atoms with van der Waals surface area (Å²) in [6.45, 7) is 4.14. The van der Waals surface area contributed by atoms with E-state index < -0.39 is 0 Å². The molecule has 0 aliphatic rings. The second-order valence-corrected chi connectivity index (χ2v) is 4.03. The number of rotatable bonds is 6. The predicted molar refractivity (Wildman–Crippen MR) is 70.4 cm³/mol. The molecule has 0 unspecified atom stereocenters. The molecule has 0 radical (unpaired) electrons. The van der Waals surface area contributed by atoms with Gasteiger partial charge < -0.3 is 9.84 Å². The van der Waals surface area contributed by atoms with Crippen LogP contribution in [0.15, 0.2) is 18.2 Å². The number of aliphatic hydroxyl groups is 1. The summed E-state index contributed by atoms with van der Waals surface area (Å²) in [4.78, 5) is 12.0. The van der Waals surface area contributed by atoms with Crippen molar-refractivity contribution < 1.29 is 14.6 Å². The van der Waals surface area contributed by atoms with Crippen molar-refractivity contribution in [1.82, 2.24) is 5.43 Å². The van der Waals surface area contributed by atoms with Crippen molar-refractivity contribution in [3.63, 3.8) is 0 Å². The number of aliphatic hydroxyl groups excluding tert-OH is 1. The van der Waals surface area contributed by atoms with Gasteiger partial charge >= 0.3 is 0 Å². The molecular weight excluding hydrogens is 232 g/mol. The summed E-state index contributed by atoms with van der Waals surface area (Å²) in [6.07, 6.45) is 0. The van der Waals surface area contributed by atoms with Crippen molar-refractivity contribution in [2.45, 2.75) is 13.8 Å². The number of methoxy groups -OCH3 is 1. The predicted octanol–water partition coefficient (Wildman–Crippen LogP) is 0.780. The number of benzene rings is 1. The second kappa shape index (κ2) is 7.10. The van der Waals surface area contributed by atoms with E-state index in [0.717, 1.165) is 16.8 Å². The molecule has 0 aliphatic heterocycles. The summed E-state index contributed by atoms with van der Waals surface area (Å²) in [6, 6.07) is 5.82. The van der Waals surface area contributed by atoms with E-state index >= 15 is 0 Å². The third kappa shape index (κ3) is 3.53. The lowest BCUT2D eigenvalue weighted by atomic mass is 10.1. The maximum atomic E-state index is 12.0. The Hall–Kier alpha value is -1.43. The molecule has 0 aliphatic carbocycles. The van der Waals surface area contributed by atoms with E-state index in [4.69, 9.17) is 9.84 Å². The molecule has 1 rings (SSSR count). The number of anilines is 1. The van der Waals surface area contributed by atoms with Crippen molar-refractivity contribution in [2.24, 2.45) is 0 Å². The van der Waals surface area contributed by atoms with Crippen LogP contribution in [-0.4, -0.2) is 37.9 Å². The summed E-state index contributed by atoms with van der Waals surface area (Å²) < 4.78 is 4.87. The first kappa shape index (κ1) is 14.6. The maximum Gasteiger partial charge on any atom is 0.267 e. The number of hydrogen-bond donors (Lipinski definition) is 2. The van der Waals surface area contributed by atoms with Crippen LogP contribution in [0.3, 0.4) is 0 Å². The van der Waals surface area contributed by atoms with Crippen LogP contribution in [-0.2, 0) is 9.53 Å². The molecule has 2 N–H and O–H groups in total. The molecule has 18 heavy (non-hydrogen) atoms. The van der Waals surface area contributed by atoms with Gasteiger partial charge in [0, 0.05) is 13.7 Å². The van der Waals surface area contributed by atoms with E-state index in [-0.39, 0.29) is 19.1 Å². The number of hydrogen-bond acceptors (Lipinski definition) is 4. The molecule has 0 saturated carbocycles. The van der Waals surface area contributed by atoms with Crippen LogP contribution in [0.2, 0.25) is 0 Å². The smallest absolute Gasteiger partial charge is 0.267 e. The molecule has 0 saturated heterocycles. The Kier molecular flexibility index (Phi) is 5.77. The summed E-state index contributed by atoms with van der Waals surface area (Å²) in [5.41, 5.74) is 5.70. The monoisotopic (exact) mass is 252 g/mol. The Balaban J connectivity index is 3.04. The molecule has 0 atom stereocenters. The SMILES string of the molecule is COCC(=O)N(NCCO)c1c(C)cccc1C. The van der Waals surface area contributed by atoms with Gasteiger partial charge in [-0.1, -0.05) is 18.2 Å². The third-order valence-electron chi connectivity index (χ3n) is 2.56. The van der Waals surface area contributed by atoms with Crippen LogP contribution < -0.4 is 10.4 Å². The minimum Gasteiger partial charge on any atom is -0.395 e. The van der Waals surface area contributed by atoms with Gasteiger partial charge in [-0.2, -0.15) is 0 Å². The Morgan fingerprint density at radius 2 is 2.00 bits per heavy atom. The average molecular weight is 252 g/mol. The lowest BCUT2D eigenvalue weighted by molar-refractivity contribution is -0.122. The van der Waals surface area contributed by atoms with E-state index in [1.807, 2.05) is 32.0 Å². The van der Waals surface area contributed by atoms with E-state index in [1.54, 1.807) is 0 Å². The van der Waals surface area contributed by atoms with Gasteiger partial charge in [0.05, 0.1) is 12.3 Å². The molecule has 100 valence electrons. The number of hydrazine groups is 1. The highest BCUT2D eigenvalue weighted by molar-refractivity contribution is 5.94. The molecule has 0 fully saturated rings. The van der Waals surface area contributed by atoms with Crippen LogP contribution in [0.1, 0.15) is 11.1 Å². The summed E-state index contributed by atoms with van der Waals surface area (Å²) in [7, 11) is 1.48. The van der Waals surface area contributed by atoms with Crippen LogP contribution >= 0.6 is 0 Å². The van der Waals surface area contributed by atoms with Gasteiger partial charge in [-0.3, -0.25) is 4.79 Å². The molecule has 5 heteroatoms. The summed E-state index contributed by atoms with van der Waals surface area (Å²) in [5.74, 6) is -0.191. The Morgan fingerprint density at radius 3 is 2.50 bits per heavy atom. The van der Waals surface area contributed by atoms with Crippen molar-refractivity contribution in [1.29, 1.82) is 0 Å². The van der Waals surface area contributed by atoms with Gasteiger partial charge in [-0.25, -0.2) is 10.4 Å². The minimum absolute atomic E-state index is 0.00774. The fourth-order valence-electron chi connectivity index (χ4n) is 1.80. The summed E-state index contributed by atoms with van der Waals surface area (Å²) in [5, 5.41) is 10.3. The normalized spacial score (nSPS) is 10.4. The topological polar surface area (TPSA) is 61.8 Å². The van der Waals surface area contributed by atoms with E-state index in [9.17, 15) is 4.79 Å². The highest BCUT2D eigenvalue weighted by atomic mass is 16.5. The van der Waals surface area contributed by atoms with Gasteiger partial charge in [0.2, 0.25) is 0 Å². The number of nitrogens with one attached hydrogen (secondary N) is 1. The second-order valence-electron chi connectivity index (χ2n) is 4.03. The first-order valence-corrected chi connectivity index (χ1v) is 5.84. The molecule has 0 heterocycles. The zero-order valence-electron chi connectivity index (χ0n) is 11.1. The Bertz CT molecular complexity index is 387. The average Bonchev–Trinajstić information content (AvgIpc) is 2.33. The van der Waals surface area contributed by atoms with Crippen LogP contribution in [0.5, 0.6) is 0 Å². The number of para-hydroxylation sites is 1. The third-order valence-corrected chi connectivity index (χ3v) is 2.56. The van der Waals surface area contributed by atoms with Gasteiger partial charge in [-0.05, 0) is 25.0 Å². The fourth-order valence-corrected chi connectivity index (χ4v) is 1.80. The zero-order chi connectivity index (χ0) is 13.5. The Labute approximate surface area is 107 Å².